The molecule has 3 aromatic rings. The van der Waals surface area contributed by atoms with Crippen molar-refractivity contribution in [3.05, 3.63) is 76.4 Å². The van der Waals surface area contributed by atoms with Gasteiger partial charge in [0, 0.05) is 11.3 Å². The van der Waals surface area contributed by atoms with Gasteiger partial charge in [-0.1, -0.05) is 25.1 Å². The van der Waals surface area contributed by atoms with Gasteiger partial charge in [0.05, 0.1) is 10.4 Å². The fourth-order valence-corrected chi connectivity index (χ4v) is 4.50. The molecule has 1 atom stereocenters. The van der Waals surface area contributed by atoms with Crippen LogP contribution in [0.1, 0.15) is 68.3 Å². The number of hydrogen-bond acceptors (Lipinski definition) is 5. The van der Waals surface area contributed by atoms with Gasteiger partial charge >= 0.3 is 12.1 Å². The third kappa shape index (κ3) is 7.43. The smallest absolute Gasteiger partial charge is 0.416 e. The highest BCUT2D eigenvalue weighted by molar-refractivity contribution is 7.17. The summed E-state index contributed by atoms with van der Waals surface area (Å²) < 4.78 is 64.3. The molecule has 38 heavy (non-hydrogen) atoms. The predicted molar refractivity (Wildman–Crippen MR) is 139 cm³/mol. The van der Waals surface area contributed by atoms with E-state index in [4.69, 9.17) is 9.47 Å². The van der Waals surface area contributed by atoms with E-state index in [1.165, 1.54) is 35.6 Å². The Morgan fingerprint density at radius 2 is 1.58 bits per heavy atom. The lowest BCUT2D eigenvalue weighted by Gasteiger charge is -2.31. The van der Waals surface area contributed by atoms with Crippen molar-refractivity contribution in [2.45, 2.75) is 71.3 Å². The van der Waals surface area contributed by atoms with E-state index in [-0.39, 0.29) is 30.8 Å². The Hall–Kier alpha value is -3.20. The maximum Gasteiger partial charge on any atom is 0.416 e. The third-order valence-corrected chi connectivity index (χ3v) is 7.03. The lowest BCUT2D eigenvalue weighted by atomic mass is 10.0. The van der Waals surface area contributed by atoms with Crippen LogP contribution in [-0.4, -0.2) is 23.0 Å². The van der Waals surface area contributed by atoms with Crippen molar-refractivity contribution >= 4 is 23.1 Å². The zero-order chi connectivity index (χ0) is 28.3. The van der Waals surface area contributed by atoms with Crippen LogP contribution in [0.25, 0.3) is 10.4 Å². The van der Waals surface area contributed by atoms with E-state index in [9.17, 15) is 27.2 Å². The number of hydrogen-bond donors (Lipinski definition) is 0. The first-order valence-corrected chi connectivity index (χ1v) is 12.9. The lowest BCUT2D eigenvalue weighted by Crippen LogP contribution is -2.45. The van der Waals surface area contributed by atoms with Gasteiger partial charge < -0.3 is 9.47 Å². The van der Waals surface area contributed by atoms with Crippen LogP contribution in [0.3, 0.4) is 0 Å². The molecule has 0 amide bonds. The van der Waals surface area contributed by atoms with E-state index in [0.717, 1.165) is 12.1 Å². The van der Waals surface area contributed by atoms with Crippen LogP contribution in [0, 0.1) is 5.82 Å². The van der Waals surface area contributed by atoms with Gasteiger partial charge in [-0.25, -0.2) is 9.18 Å². The molecule has 0 aliphatic rings. The maximum atomic E-state index is 14.8. The molecule has 1 unspecified atom stereocenters. The van der Waals surface area contributed by atoms with Crippen molar-refractivity contribution in [3.63, 3.8) is 0 Å². The molecule has 2 aromatic carbocycles. The minimum Gasteiger partial charge on any atom is -0.473 e. The third-order valence-electron chi connectivity index (χ3n) is 5.86. The molecule has 0 fully saturated rings. The molecule has 9 heteroatoms. The fraction of sp³-hybridized carbons (Fsp3) is 0.379. The number of ether oxygens (including phenoxy) is 2. The molecule has 0 bridgehead atoms. The highest BCUT2D eigenvalue weighted by Gasteiger charge is 2.38. The van der Waals surface area contributed by atoms with Crippen LogP contribution in [0.2, 0.25) is 0 Å². The summed E-state index contributed by atoms with van der Waals surface area (Å²) in [6, 6.07) is 12.4. The highest BCUT2D eigenvalue weighted by atomic mass is 32.1. The van der Waals surface area contributed by atoms with Gasteiger partial charge in [0.15, 0.2) is 17.3 Å². The number of alkyl halides is 3. The second-order valence-corrected chi connectivity index (χ2v) is 11.2. The van der Waals surface area contributed by atoms with Crippen molar-refractivity contribution in [2.24, 2.45) is 0 Å². The van der Waals surface area contributed by atoms with E-state index in [1.807, 2.05) is 0 Å². The highest BCUT2D eigenvalue weighted by Crippen LogP contribution is 2.34. The first kappa shape index (κ1) is 29.4. The number of carbonyl (C=O) groups is 2. The molecule has 4 nitrogen and oxygen atoms in total. The minimum absolute atomic E-state index is 0.0882. The quantitative estimate of drug-likeness (QED) is 0.153. The van der Waals surface area contributed by atoms with Crippen LogP contribution in [-0.2, 0) is 22.1 Å². The Morgan fingerprint density at radius 3 is 2.13 bits per heavy atom. The summed E-state index contributed by atoms with van der Waals surface area (Å²) in [6.07, 6.45) is -3.74. The number of aryl methyl sites for hydroxylation is 1. The second kappa shape index (κ2) is 11.3. The number of halogens is 4. The van der Waals surface area contributed by atoms with E-state index in [1.54, 1.807) is 52.8 Å². The number of rotatable bonds is 9. The zero-order valence-corrected chi connectivity index (χ0v) is 22.7. The Bertz CT molecular complexity index is 1290. The van der Waals surface area contributed by atoms with Gasteiger partial charge in [0.1, 0.15) is 5.60 Å². The number of carbonyl (C=O) groups excluding carboxylic acids is 2. The van der Waals surface area contributed by atoms with Crippen LogP contribution < -0.4 is 4.74 Å². The summed E-state index contributed by atoms with van der Waals surface area (Å²) in [5.74, 6) is -1.49. The molecule has 1 aromatic heterocycles. The molecule has 204 valence electrons. The fourth-order valence-electron chi connectivity index (χ4n) is 3.52. The number of Topliss-reactive ketones (excluding diaryl/α,β-unsaturated/α-hetero) is 1. The molecule has 0 saturated carbocycles. The Morgan fingerprint density at radius 1 is 0.921 bits per heavy atom. The molecular formula is C29H30F4O4S. The second-order valence-electron chi connectivity index (χ2n) is 10.1. The van der Waals surface area contributed by atoms with E-state index < -0.39 is 34.7 Å². The predicted octanol–water partition coefficient (Wildman–Crippen LogP) is 8.28. The van der Waals surface area contributed by atoms with Crippen molar-refractivity contribution in [1.82, 2.24) is 0 Å². The van der Waals surface area contributed by atoms with E-state index in [0.29, 0.717) is 20.9 Å². The van der Waals surface area contributed by atoms with Crippen LogP contribution >= 0.6 is 11.3 Å². The van der Waals surface area contributed by atoms with Crippen LogP contribution in [0.5, 0.6) is 5.75 Å². The van der Waals surface area contributed by atoms with Gasteiger partial charge in [-0.05, 0) is 88.1 Å². The normalized spacial score (nSPS) is 13.6. The summed E-state index contributed by atoms with van der Waals surface area (Å²) in [5.41, 5.74) is -1.65. The lowest BCUT2D eigenvalue weighted by molar-refractivity contribution is -0.172. The molecule has 0 aliphatic carbocycles. The van der Waals surface area contributed by atoms with Crippen LogP contribution in [0.4, 0.5) is 17.6 Å². The topological polar surface area (TPSA) is 52.6 Å². The van der Waals surface area contributed by atoms with Crippen molar-refractivity contribution in [1.29, 1.82) is 0 Å². The summed E-state index contributed by atoms with van der Waals surface area (Å²) in [6.45, 7) is 8.51. The van der Waals surface area contributed by atoms with Gasteiger partial charge in [0.25, 0.3) is 0 Å². The Kier molecular flexibility index (Phi) is 8.71. The summed E-state index contributed by atoms with van der Waals surface area (Å²) in [4.78, 5) is 26.5. The summed E-state index contributed by atoms with van der Waals surface area (Å²) >= 11 is 1.19. The molecule has 0 N–H and O–H groups in total. The van der Waals surface area contributed by atoms with E-state index >= 15 is 0 Å². The van der Waals surface area contributed by atoms with Crippen molar-refractivity contribution in [3.8, 4) is 16.2 Å². The summed E-state index contributed by atoms with van der Waals surface area (Å²) in [5, 5.41) is 0. The number of ketones is 1. The first-order valence-electron chi connectivity index (χ1n) is 12.1. The minimum atomic E-state index is -4.41. The van der Waals surface area contributed by atoms with E-state index in [2.05, 4.69) is 0 Å². The molecular weight excluding hydrogens is 520 g/mol. The Balaban J connectivity index is 1.63. The first-order chi connectivity index (χ1) is 17.6. The average molecular weight is 551 g/mol. The monoisotopic (exact) mass is 550 g/mol. The Labute approximate surface area is 223 Å². The molecule has 0 aliphatic heterocycles. The summed E-state index contributed by atoms with van der Waals surface area (Å²) in [7, 11) is 0. The molecule has 1 heterocycles. The van der Waals surface area contributed by atoms with Crippen molar-refractivity contribution < 1.29 is 36.6 Å². The number of thiophene rings is 1. The zero-order valence-electron chi connectivity index (χ0n) is 21.9. The molecule has 0 saturated heterocycles. The molecule has 3 rings (SSSR count). The largest absolute Gasteiger partial charge is 0.473 e. The maximum absolute atomic E-state index is 14.8. The van der Waals surface area contributed by atoms with Gasteiger partial charge in [0.2, 0.25) is 5.60 Å². The number of benzene rings is 2. The SMILES string of the molecule is CCC(C)(Oc1ccc(CCC(=O)c2ccc(-c3ccc(C(F)(F)F)cc3)s2)cc1F)C(=O)OC(C)(C)C. The molecule has 0 radical (unpaired) electrons. The van der Waals surface area contributed by atoms with Gasteiger partial charge in [-0.2, -0.15) is 13.2 Å². The standard InChI is InChI=1S/C29H30F4O4S/c1-6-28(5,26(35)37-27(2,3)4)36-23-14-8-18(17-21(23)30)7-13-22(34)25-16-15-24(38-25)19-9-11-20(12-10-19)29(31,32)33/h8-12,14-17H,6-7,13H2,1-5H3. The number of esters is 1. The van der Waals surface area contributed by atoms with Crippen molar-refractivity contribution in [2.75, 3.05) is 0 Å². The van der Waals surface area contributed by atoms with Crippen LogP contribution in [0.15, 0.2) is 54.6 Å². The van der Waals surface area contributed by atoms with Gasteiger partial charge in [-0.3, -0.25) is 4.79 Å². The molecule has 0 spiro atoms. The van der Waals surface area contributed by atoms with Gasteiger partial charge in [-0.15, -0.1) is 11.3 Å². The average Bonchev–Trinajstić information content (AvgIpc) is 3.33.